The zero-order valence-electron chi connectivity index (χ0n) is 13.2. The predicted octanol–water partition coefficient (Wildman–Crippen LogP) is 3.73. The van der Waals surface area contributed by atoms with Gasteiger partial charge in [0.2, 0.25) is 0 Å². The van der Waals surface area contributed by atoms with Crippen molar-refractivity contribution in [3.63, 3.8) is 0 Å². The lowest BCUT2D eigenvalue weighted by molar-refractivity contribution is -0.122. The Hall–Kier alpha value is -0.410. The molecular weight excluding hydrogens is 240 g/mol. The van der Waals surface area contributed by atoms with E-state index in [0.29, 0.717) is 18.3 Å². The normalized spacial score (nSPS) is 16.4. The van der Waals surface area contributed by atoms with Crippen LogP contribution in [0.5, 0.6) is 0 Å². The Kier molecular flexibility index (Phi) is 11.2. The molecule has 1 rings (SSSR count). The van der Waals surface area contributed by atoms with Crippen molar-refractivity contribution in [3.8, 4) is 0 Å². The Morgan fingerprint density at radius 3 is 2.16 bits per heavy atom. The van der Waals surface area contributed by atoms with Gasteiger partial charge in [-0.1, -0.05) is 33.1 Å². The Labute approximate surface area is 118 Å². The molecule has 3 nitrogen and oxygen atoms in total. The molecule has 0 unspecified atom stereocenters. The molecule has 1 aliphatic carbocycles. The summed E-state index contributed by atoms with van der Waals surface area (Å²) in [6.07, 6.45) is 8.33. The first-order valence-corrected chi connectivity index (χ1v) is 7.75. The Morgan fingerprint density at radius 2 is 1.68 bits per heavy atom. The van der Waals surface area contributed by atoms with Gasteiger partial charge in [0.15, 0.2) is 0 Å². The van der Waals surface area contributed by atoms with Crippen LogP contribution in [0.25, 0.3) is 0 Å². The largest absolute Gasteiger partial charge is 0.394 e. The van der Waals surface area contributed by atoms with E-state index in [-0.39, 0.29) is 12.0 Å². The van der Waals surface area contributed by atoms with Crippen molar-refractivity contribution in [2.75, 3.05) is 6.61 Å². The van der Waals surface area contributed by atoms with Crippen LogP contribution in [0.1, 0.15) is 72.6 Å². The van der Waals surface area contributed by atoms with Gasteiger partial charge in [0.1, 0.15) is 5.78 Å². The van der Waals surface area contributed by atoms with Crippen LogP contribution in [0, 0.1) is 5.92 Å². The molecule has 0 aliphatic heterocycles. The molecule has 0 aromatic carbocycles. The van der Waals surface area contributed by atoms with Crippen LogP contribution in [0.15, 0.2) is 0 Å². The molecule has 0 atom stereocenters. The summed E-state index contributed by atoms with van der Waals surface area (Å²) in [6.45, 7) is 8.14. The summed E-state index contributed by atoms with van der Waals surface area (Å²) < 4.78 is 5.76. The Bertz CT molecular complexity index is 215. The molecule has 0 aromatic heterocycles. The lowest BCUT2D eigenvalue weighted by Crippen LogP contribution is -2.17. The summed E-state index contributed by atoms with van der Waals surface area (Å²) in [5.41, 5.74) is 0. The number of carbonyl (C=O) groups is 1. The number of ether oxygens (including phenoxy) is 1. The van der Waals surface area contributed by atoms with Gasteiger partial charge in [0.05, 0.1) is 6.10 Å². The van der Waals surface area contributed by atoms with Crippen molar-refractivity contribution >= 4 is 5.78 Å². The predicted molar refractivity (Wildman–Crippen MR) is 79.3 cm³/mol. The number of carbonyl (C=O) groups excluding carboxylic acids is 1. The zero-order chi connectivity index (χ0) is 14.7. The molecule has 0 spiro atoms. The van der Waals surface area contributed by atoms with E-state index < -0.39 is 0 Å². The number of ketones is 1. The van der Waals surface area contributed by atoms with Crippen LogP contribution in [0.4, 0.5) is 0 Å². The van der Waals surface area contributed by atoms with E-state index in [1.54, 1.807) is 13.8 Å². The summed E-state index contributed by atoms with van der Waals surface area (Å²) in [4.78, 5) is 11.3. The van der Waals surface area contributed by atoms with E-state index in [1.807, 2.05) is 13.8 Å². The number of rotatable bonds is 6. The topological polar surface area (TPSA) is 46.5 Å². The van der Waals surface area contributed by atoms with Crippen LogP contribution in [-0.2, 0) is 9.53 Å². The van der Waals surface area contributed by atoms with Crippen molar-refractivity contribution in [1.29, 1.82) is 0 Å². The van der Waals surface area contributed by atoms with Crippen LogP contribution in [-0.4, -0.2) is 29.7 Å². The molecule has 0 saturated heterocycles. The van der Waals surface area contributed by atoms with Crippen LogP contribution < -0.4 is 0 Å². The van der Waals surface area contributed by atoms with E-state index in [9.17, 15) is 4.79 Å². The highest BCUT2D eigenvalue weighted by atomic mass is 16.5. The first-order chi connectivity index (χ1) is 8.93. The van der Waals surface area contributed by atoms with Crippen LogP contribution in [0.2, 0.25) is 0 Å². The number of hydrogen-bond donors (Lipinski definition) is 1. The fourth-order valence-corrected chi connectivity index (χ4v) is 2.02. The van der Waals surface area contributed by atoms with Gasteiger partial charge in [-0.2, -0.15) is 0 Å². The Morgan fingerprint density at radius 1 is 1.16 bits per heavy atom. The van der Waals surface area contributed by atoms with Crippen molar-refractivity contribution < 1.29 is 14.6 Å². The second kappa shape index (κ2) is 11.4. The molecule has 114 valence electrons. The number of aliphatic hydroxyl groups is 1. The molecule has 1 aliphatic rings. The molecule has 0 bridgehead atoms. The maximum atomic E-state index is 11.3. The van der Waals surface area contributed by atoms with E-state index in [4.69, 9.17) is 9.84 Å². The summed E-state index contributed by atoms with van der Waals surface area (Å²) in [6, 6.07) is 0. The number of Topliss-reactive ketones (excluding diaryl/α,β-unsaturated/α-hetero) is 1. The van der Waals surface area contributed by atoms with Gasteiger partial charge < -0.3 is 9.84 Å². The zero-order valence-corrected chi connectivity index (χ0v) is 13.2. The summed E-state index contributed by atoms with van der Waals surface area (Å²) in [5, 5.41) is 8.06. The molecule has 0 heterocycles. The lowest BCUT2D eigenvalue weighted by atomic mass is 9.98. The molecule has 0 radical (unpaired) electrons. The van der Waals surface area contributed by atoms with Crippen molar-refractivity contribution in [2.24, 2.45) is 5.92 Å². The molecular formula is C16H32O3. The van der Waals surface area contributed by atoms with E-state index in [2.05, 4.69) is 0 Å². The molecule has 3 heteroatoms. The maximum absolute atomic E-state index is 11.3. The first-order valence-electron chi connectivity index (χ1n) is 7.75. The SMILES string of the molecule is CC(C)C(=O)CCCOC1CCCCC1.CC(C)O. The van der Waals surface area contributed by atoms with Gasteiger partial charge in [-0.3, -0.25) is 4.79 Å². The average Bonchev–Trinajstić information content (AvgIpc) is 2.35. The molecule has 19 heavy (non-hydrogen) atoms. The lowest BCUT2D eigenvalue weighted by Gasteiger charge is -2.21. The standard InChI is InChI=1S/C13H24O2.C3H8O/c1-11(2)13(14)9-6-10-15-12-7-4-3-5-8-12;1-3(2)4/h11-12H,3-10H2,1-2H3;3-4H,1-2H3. The van der Waals surface area contributed by atoms with E-state index in [1.165, 1.54) is 32.1 Å². The van der Waals surface area contributed by atoms with E-state index in [0.717, 1.165) is 13.0 Å². The van der Waals surface area contributed by atoms with Gasteiger partial charge in [-0.25, -0.2) is 0 Å². The van der Waals surface area contributed by atoms with Gasteiger partial charge >= 0.3 is 0 Å². The van der Waals surface area contributed by atoms with Crippen molar-refractivity contribution in [2.45, 2.75) is 84.8 Å². The number of aliphatic hydroxyl groups excluding tert-OH is 1. The Balaban J connectivity index is 0.000000711. The van der Waals surface area contributed by atoms with Crippen molar-refractivity contribution in [1.82, 2.24) is 0 Å². The minimum Gasteiger partial charge on any atom is -0.394 e. The quantitative estimate of drug-likeness (QED) is 0.749. The van der Waals surface area contributed by atoms with Gasteiger partial charge in [-0.15, -0.1) is 0 Å². The van der Waals surface area contributed by atoms with Crippen molar-refractivity contribution in [3.05, 3.63) is 0 Å². The molecule has 0 amide bonds. The molecule has 1 fully saturated rings. The summed E-state index contributed by atoms with van der Waals surface area (Å²) in [5.74, 6) is 0.543. The van der Waals surface area contributed by atoms with E-state index >= 15 is 0 Å². The highest BCUT2D eigenvalue weighted by Gasteiger charge is 2.13. The number of hydrogen-bond acceptors (Lipinski definition) is 3. The fourth-order valence-electron chi connectivity index (χ4n) is 2.02. The maximum Gasteiger partial charge on any atom is 0.135 e. The molecule has 1 N–H and O–H groups in total. The summed E-state index contributed by atoms with van der Waals surface area (Å²) >= 11 is 0. The monoisotopic (exact) mass is 272 g/mol. The van der Waals surface area contributed by atoms with Gasteiger partial charge in [-0.05, 0) is 33.1 Å². The second-order valence-corrected chi connectivity index (χ2v) is 5.95. The van der Waals surface area contributed by atoms with Crippen LogP contribution in [0.3, 0.4) is 0 Å². The fraction of sp³-hybridized carbons (Fsp3) is 0.938. The summed E-state index contributed by atoms with van der Waals surface area (Å²) in [7, 11) is 0. The minimum absolute atomic E-state index is 0.167. The minimum atomic E-state index is -0.167. The highest BCUT2D eigenvalue weighted by molar-refractivity contribution is 5.80. The third kappa shape index (κ3) is 12.4. The second-order valence-electron chi connectivity index (χ2n) is 5.95. The smallest absolute Gasteiger partial charge is 0.135 e. The highest BCUT2D eigenvalue weighted by Crippen LogP contribution is 2.20. The molecule has 0 aromatic rings. The van der Waals surface area contributed by atoms with Crippen LogP contribution >= 0.6 is 0 Å². The average molecular weight is 272 g/mol. The first kappa shape index (κ1) is 18.6. The molecule has 1 saturated carbocycles. The third-order valence-corrected chi connectivity index (χ3v) is 3.12. The van der Waals surface area contributed by atoms with Gasteiger partial charge in [0.25, 0.3) is 0 Å². The third-order valence-electron chi connectivity index (χ3n) is 3.12. The van der Waals surface area contributed by atoms with Gasteiger partial charge in [0, 0.05) is 25.0 Å².